The van der Waals surface area contributed by atoms with Crippen LogP contribution in [0.4, 0.5) is 0 Å². The molecular weight excluding hydrogens is 218 g/mol. The van der Waals surface area contributed by atoms with Gasteiger partial charge in [0.1, 0.15) is 0 Å². The molecular formula is C17H37N. The van der Waals surface area contributed by atoms with E-state index < -0.39 is 0 Å². The third kappa shape index (κ3) is 9.94. The number of unbranched alkanes of at least 4 members (excludes halogenated alkanes) is 8. The van der Waals surface area contributed by atoms with Gasteiger partial charge in [0.15, 0.2) is 0 Å². The Hall–Kier alpha value is -0.0400. The minimum absolute atomic E-state index is 0.00883. The van der Waals surface area contributed by atoms with Crippen molar-refractivity contribution in [1.29, 1.82) is 0 Å². The molecule has 0 saturated carbocycles. The summed E-state index contributed by atoms with van der Waals surface area (Å²) in [5, 5.41) is 0. The molecule has 0 aliphatic carbocycles. The summed E-state index contributed by atoms with van der Waals surface area (Å²) in [6.07, 6.45) is 15.3. The highest BCUT2D eigenvalue weighted by Crippen LogP contribution is 2.24. The topological polar surface area (TPSA) is 26.0 Å². The van der Waals surface area contributed by atoms with Crippen molar-refractivity contribution in [2.45, 2.75) is 104 Å². The van der Waals surface area contributed by atoms with E-state index >= 15 is 0 Å². The van der Waals surface area contributed by atoms with E-state index in [1.54, 1.807) is 0 Å². The summed E-state index contributed by atoms with van der Waals surface area (Å²) < 4.78 is 0. The van der Waals surface area contributed by atoms with Gasteiger partial charge in [-0.15, -0.1) is 0 Å². The summed E-state index contributed by atoms with van der Waals surface area (Å²) >= 11 is 0. The van der Waals surface area contributed by atoms with Gasteiger partial charge in [0.25, 0.3) is 0 Å². The van der Waals surface area contributed by atoms with E-state index in [0.29, 0.717) is 5.92 Å². The largest absolute Gasteiger partial charge is 0.325 e. The van der Waals surface area contributed by atoms with Crippen LogP contribution in [0.3, 0.4) is 0 Å². The number of nitrogens with two attached hydrogens (primary N) is 1. The van der Waals surface area contributed by atoms with E-state index in [1.807, 2.05) is 0 Å². The molecule has 0 bridgehead atoms. The van der Waals surface area contributed by atoms with Crippen molar-refractivity contribution in [2.75, 3.05) is 0 Å². The van der Waals surface area contributed by atoms with E-state index in [2.05, 4.69) is 27.7 Å². The molecule has 0 aromatic rings. The van der Waals surface area contributed by atoms with E-state index in [-0.39, 0.29) is 5.54 Å². The zero-order valence-electron chi connectivity index (χ0n) is 13.4. The number of hydrogen-bond acceptors (Lipinski definition) is 1. The molecule has 1 unspecified atom stereocenters. The molecule has 0 aromatic carbocycles. The molecule has 0 heterocycles. The third-order valence-corrected chi connectivity index (χ3v) is 4.20. The highest BCUT2D eigenvalue weighted by atomic mass is 14.7. The van der Waals surface area contributed by atoms with Gasteiger partial charge in [-0.1, -0.05) is 78.1 Å². The smallest absolute Gasteiger partial charge is 0.0125 e. The first-order chi connectivity index (χ1) is 8.52. The Bertz CT molecular complexity index is 169. The molecule has 0 rings (SSSR count). The molecule has 1 nitrogen and oxygen atoms in total. The standard InChI is InChI=1S/C17H37N/c1-5-7-8-9-10-11-12-13-14-15-16(6-2)17(3,4)18/h16H,5-15,18H2,1-4H3. The van der Waals surface area contributed by atoms with Crippen molar-refractivity contribution < 1.29 is 0 Å². The fraction of sp³-hybridized carbons (Fsp3) is 1.00. The summed E-state index contributed by atoms with van der Waals surface area (Å²) in [7, 11) is 0. The lowest BCUT2D eigenvalue weighted by Crippen LogP contribution is -2.40. The summed E-state index contributed by atoms with van der Waals surface area (Å²) in [6.45, 7) is 8.90. The maximum Gasteiger partial charge on any atom is 0.0125 e. The first-order valence-corrected chi connectivity index (χ1v) is 8.31. The second-order valence-corrected chi connectivity index (χ2v) is 6.54. The van der Waals surface area contributed by atoms with Crippen LogP contribution in [0.25, 0.3) is 0 Å². The lowest BCUT2D eigenvalue weighted by Gasteiger charge is -2.29. The summed E-state index contributed by atoms with van der Waals surface area (Å²) in [6, 6.07) is 0. The molecule has 0 fully saturated rings. The number of rotatable bonds is 12. The molecule has 0 aliphatic rings. The predicted molar refractivity (Wildman–Crippen MR) is 83.9 cm³/mol. The van der Waals surface area contributed by atoms with Crippen LogP contribution in [0.5, 0.6) is 0 Å². The van der Waals surface area contributed by atoms with Crippen molar-refractivity contribution in [3.8, 4) is 0 Å². The minimum atomic E-state index is 0.00883. The van der Waals surface area contributed by atoms with Gasteiger partial charge in [-0.05, 0) is 26.2 Å². The van der Waals surface area contributed by atoms with E-state index in [1.165, 1.54) is 70.6 Å². The Morgan fingerprint density at radius 1 is 0.778 bits per heavy atom. The molecule has 0 saturated heterocycles. The first kappa shape index (κ1) is 18.0. The van der Waals surface area contributed by atoms with Crippen LogP contribution >= 0.6 is 0 Å². The quantitative estimate of drug-likeness (QED) is 0.447. The fourth-order valence-electron chi connectivity index (χ4n) is 2.80. The van der Waals surface area contributed by atoms with Crippen molar-refractivity contribution in [2.24, 2.45) is 11.7 Å². The van der Waals surface area contributed by atoms with Crippen LogP contribution in [-0.4, -0.2) is 5.54 Å². The average molecular weight is 255 g/mol. The highest BCUT2D eigenvalue weighted by molar-refractivity contribution is 4.80. The van der Waals surface area contributed by atoms with Gasteiger partial charge in [0, 0.05) is 5.54 Å². The maximum atomic E-state index is 6.20. The van der Waals surface area contributed by atoms with Crippen LogP contribution in [0, 0.1) is 5.92 Å². The van der Waals surface area contributed by atoms with Crippen LogP contribution < -0.4 is 5.73 Å². The zero-order valence-corrected chi connectivity index (χ0v) is 13.4. The van der Waals surface area contributed by atoms with Gasteiger partial charge in [-0.2, -0.15) is 0 Å². The number of hydrogen-bond donors (Lipinski definition) is 1. The second-order valence-electron chi connectivity index (χ2n) is 6.54. The molecule has 0 radical (unpaired) electrons. The van der Waals surface area contributed by atoms with Crippen LogP contribution in [0.2, 0.25) is 0 Å². The zero-order chi connectivity index (χ0) is 13.9. The third-order valence-electron chi connectivity index (χ3n) is 4.20. The Balaban J connectivity index is 3.34. The molecule has 0 amide bonds. The molecule has 110 valence electrons. The molecule has 1 heteroatoms. The predicted octanol–water partition coefficient (Wildman–Crippen LogP) is 5.67. The second kappa shape index (κ2) is 10.8. The summed E-state index contributed by atoms with van der Waals surface area (Å²) in [5.41, 5.74) is 6.21. The molecule has 0 aliphatic heterocycles. The van der Waals surface area contributed by atoms with Crippen molar-refractivity contribution >= 4 is 0 Å². The van der Waals surface area contributed by atoms with Gasteiger partial charge < -0.3 is 5.73 Å². The van der Waals surface area contributed by atoms with Gasteiger partial charge in [0.2, 0.25) is 0 Å². The maximum absolute atomic E-state index is 6.20. The minimum Gasteiger partial charge on any atom is -0.325 e. The fourth-order valence-corrected chi connectivity index (χ4v) is 2.80. The molecule has 2 N–H and O–H groups in total. The lowest BCUT2D eigenvalue weighted by atomic mass is 9.82. The van der Waals surface area contributed by atoms with Gasteiger partial charge in [-0.3, -0.25) is 0 Å². The van der Waals surface area contributed by atoms with E-state index in [4.69, 9.17) is 5.73 Å². The normalized spacial score (nSPS) is 13.8. The Morgan fingerprint density at radius 2 is 1.22 bits per heavy atom. The molecule has 0 aromatic heterocycles. The van der Waals surface area contributed by atoms with Gasteiger partial charge in [-0.25, -0.2) is 0 Å². The van der Waals surface area contributed by atoms with Crippen molar-refractivity contribution in [3.63, 3.8) is 0 Å². The molecule has 18 heavy (non-hydrogen) atoms. The Labute approximate surface area is 116 Å². The lowest BCUT2D eigenvalue weighted by molar-refractivity contribution is 0.283. The van der Waals surface area contributed by atoms with Crippen LogP contribution in [0.1, 0.15) is 98.3 Å². The van der Waals surface area contributed by atoms with Crippen molar-refractivity contribution in [1.82, 2.24) is 0 Å². The van der Waals surface area contributed by atoms with Crippen LogP contribution in [0.15, 0.2) is 0 Å². The van der Waals surface area contributed by atoms with Crippen molar-refractivity contribution in [3.05, 3.63) is 0 Å². The Kier molecular flexibility index (Phi) is 10.8. The Morgan fingerprint density at radius 3 is 1.61 bits per heavy atom. The van der Waals surface area contributed by atoms with E-state index in [9.17, 15) is 0 Å². The molecule has 0 spiro atoms. The summed E-state index contributed by atoms with van der Waals surface area (Å²) in [4.78, 5) is 0. The van der Waals surface area contributed by atoms with E-state index in [0.717, 1.165) is 0 Å². The monoisotopic (exact) mass is 255 g/mol. The van der Waals surface area contributed by atoms with Gasteiger partial charge >= 0.3 is 0 Å². The van der Waals surface area contributed by atoms with Gasteiger partial charge in [0.05, 0.1) is 0 Å². The molecule has 1 atom stereocenters. The SMILES string of the molecule is CCCCCCCCCCCC(CC)C(C)(C)N. The first-order valence-electron chi connectivity index (χ1n) is 8.31. The highest BCUT2D eigenvalue weighted by Gasteiger charge is 2.22. The van der Waals surface area contributed by atoms with Crippen LogP contribution in [-0.2, 0) is 0 Å². The summed E-state index contributed by atoms with van der Waals surface area (Å²) in [5.74, 6) is 0.696. The average Bonchev–Trinajstić information content (AvgIpc) is 2.30.